The van der Waals surface area contributed by atoms with Crippen LogP contribution in [-0.2, 0) is 4.79 Å². The summed E-state index contributed by atoms with van der Waals surface area (Å²) in [4.78, 5) is 14.0. The van der Waals surface area contributed by atoms with Gasteiger partial charge >= 0.3 is 5.97 Å². The molecule has 0 aliphatic rings. The highest BCUT2D eigenvalue weighted by Crippen LogP contribution is 1.91. The molecule has 0 fully saturated rings. The summed E-state index contributed by atoms with van der Waals surface area (Å²) in [6, 6.07) is 0. The number of carboxylic acid groups (broad SMARTS) is 1. The number of aliphatic carboxylic acids is 1. The van der Waals surface area contributed by atoms with Gasteiger partial charge in [-0.25, -0.2) is 4.79 Å². The smallest absolute Gasteiger partial charge is 0.337 e. The first-order valence-electron chi connectivity index (χ1n) is 3.20. The molecule has 0 saturated carbocycles. The normalized spacial score (nSPS) is 13.1. The lowest BCUT2D eigenvalue weighted by Crippen LogP contribution is -2.00. The lowest BCUT2D eigenvalue weighted by Gasteiger charge is -1.88. The van der Waals surface area contributed by atoms with E-state index in [0.717, 1.165) is 0 Å². The Hall–Kier alpha value is -1.38. The van der Waals surface area contributed by atoms with E-state index in [1.807, 2.05) is 6.92 Å². The SMILES string of the molecule is C/C=C\C=C(/C=NC)C(=O)O. The monoisotopic (exact) mass is 153 g/mol. The molecule has 0 aromatic carbocycles. The van der Waals surface area contributed by atoms with Crippen LogP contribution in [0.5, 0.6) is 0 Å². The Labute approximate surface area is 65.8 Å². The number of aliphatic imine (C=N–C) groups is 1. The van der Waals surface area contributed by atoms with Crippen LogP contribution in [-0.4, -0.2) is 24.3 Å². The second kappa shape index (κ2) is 5.41. The van der Waals surface area contributed by atoms with Crippen molar-refractivity contribution in [3.63, 3.8) is 0 Å². The fourth-order valence-corrected chi connectivity index (χ4v) is 0.509. The van der Waals surface area contributed by atoms with Gasteiger partial charge in [-0.15, -0.1) is 0 Å². The largest absolute Gasteiger partial charge is 0.478 e. The Morgan fingerprint density at radius 1 is 1.55 bits per heavy atom. The highest BCUT2D eigenvalue weighted by Gasteiger charge is 2.00. The zero-order valence-corrected chi connectivity index (χ0v) is 6.61. The number of allylic oxidation sites excluding steroid dienone is 3. The molecule has 0 aliphatic heterocycles. The molecular weight excluding hydrogens is 142 g/mol. The molecule has 0 unspecified atom stereocenters. The van der Waals surface area contributed by atoms with Crippen molar-refractivity contribution in [3.8, 4) is 0 Å². The van der Waals surface area contributed by atoms with Gasteiger partial charge in [0.15, 0.2) is 0 Å². The zero-order chi connectivity index (χ0) is 8.69. The summed E-state index contributed by atoms with van der Waals surface area (Å²) in [5.74, 6) is -0.964. The Bertz CT molecular complexity index is 214. The van der Waals surface area contributed by atoms with Gasteiger partial charge in [-0.1, -0.05) is 12.2 Å². The molecule has 0 spiro atoms. The first-order valence-corrected chi connectivity index (χ1v) is 3.20. The van der Waals surface area contributed by atoms with E-state index in [4.69, 9.17) is 5.11 Å². The van der Waals surface area contributed by atoms with Crippen LogP contribution in [0.2, 0.25) is 0 Å². The van der Waals surface area contributed by atoms with E-state index in [0.29, 0.717) is 0 Å². The molecule has 0 radical (unpaired) electrons. The molecule has 60 valence electrons. The first-order chi connectivity index (χ1) is 5.22. The molecule has 1 N–H and O–H groups in total. The Morgan fingerprint density at radius 2 is 2.18 bits per heavy atom. The predicted octanol–water partition coefficient (Wildman–Crippen LogP) is 1.27. The molecule has 0 heterocycles. The van der Waals surface area contributed by atoms with E-state index in [9.17, 15) is 4.79 Å². The molecule has 0 saturated heterocycles. The summed E-state index contributed by atoms with van der Waals surface area (Å²) in [7, 11) is 1.53. The van der Waals surface area contributed by atoms with Gasteiger partial charge in [0, 0.05) is 13.3 Å². The number of rotatable bonds is 3. The number of nitrogens with zero attached hydrogens (tertiary/aromatic N) is 1. The predicted molar refractivity (Wildman–Crippen MR) is 44.9 cm³/mol. The van der Waals surface area contributed by atoms with Crippen LogP contribution in [0.1, 0.15) is 6.92 Å². The van der Waals surface area contributed by atoms with E-state index in [1.54, 1.807) is 12.2 Å². The van der Waals surface area contributed by atoms with Gasteiger partial charge in [0.2, 0.25) is 0 Å². The summed E-state index contributed by atoms with van der Waals surface area (Å²) in [5.41, 5.74) is 0.186. The second-order valence-electron chi connectivity index (χ2n) is 1.84. The minimum atomic E-state index is -0.964. The number of hydrogen-bond donors (Lipinski definition) is 1. The van der Waals surface area contributed by atoms with Crippen LogP contribution in [0.4, 0.5) is 0 Å². The van der Waals surface area contributed by atoms with E-state index >= 15 is 0 Å². The van der Waals surface area contributed by atoms with Crippen molar-refractivity contribution in [3.05, 3.63) is 23.8 Å². The van der Waals surface area contributed by atoms with Crippen molar-refractivity contribution in [1.82, 2.24) is 0 Å². The summed E-state index contributed by atoms with van der Waals surface area (Å²) in [6.45, 7) is 1.82. The van der Waals surface area contributed by atoms with Crippen LogP contribution in [0, 0.1) is 0 Å². The van der Waals surface area contributed by atoms with Gasteiger partial charge < -0.3 is 5.11 Å². The highest BCUT2D eigenvalue weighted by atomic mass is 16.4. The third-order valence-electron chi connectivity index (χ3n) is 0.983. The van der Waals surface area contributed by atoms with Gasteiger partial charge in [-0.05, 0) is 13.0 Å². The molecule has 3 heteroatoms. The van der Waals surface area contributed by atoms with Crippen LogP contribution in [0.3, 0.4) is 0 Å². The fourth-order valence-electron chi connectivity index (χ4n) is 0.509. The lowest BCUT2D eigenvalue weighted by molar-refractivity contribution is -0.132. The Balaban J connectivity index is 4.45. The molecule has 0 amide bonds. The minimum Gasteiger partial charge on any atom is -0.478 e. The molecule has 0 atom stereocenters. The quantitative estimate of drug-likeness (QED) is 0.377. The molecular formula is C8H11NO2. The number of carbonyl (C=O) groups is 1. The summed E-state index contributed by atoms with van der Waals surface area (Å²) in [5, 5.41) is 8.54. The maximum atomic E-state index is 10.4. The first kappa shape index (κ1) is 9.62. The van der Waals surface area contributed by atoms with E-state index in [2.05, 4.69) is 4.99 Å². The minimum absolute atomic E-state index is 0.186. The third kappa shape index (κ3) is 4.08. The molecule has 0 rings (SSSR count). The van der Waals surface area contributed by atoms with Crippen molar-refractivity contribution in [1.29, 1.82) is 0 Å². The molecule has 3 nitrogen and oxygen atoms in total. The van der Waals surface area contributed by atoms with E-state index < -0.39 is 5.97 Å². The topological polar surface area (TPSA) is 49.7 Å². The zero-order valence-electron chi connectivity index (χ0n) is 6.61. The second-order valence-corrected chi connectivity index (χ2v) is 1.84. The van der Waals surface area contributed by atoms with Crippen LogP contribution in [0.25, 0.3) is 0 Å². The number of carboxylic acids is 1. The standard InChI is InChI=1S/C8H11NO2/c1-3-4-5-7(6-9-2)8(10)11/h3-6H,1-2H3,(H,10,11)/b4-3-,7-5+,9-6?. The van der Waals surface area contributed by atoms with Gasteiger partial charge in [0.1, 0.15) is 0 Å². The van der Waals surface area contributed by atoms with Crippen molar-refractivity contribution >= 4 is 12.2 Å². The lowest BCUT2D eigenvalue weighted by atomic mass is 10.2. The van der Waals surface area contributed by atoms with Gasteiger partial charge in [-0.2, -0.15) is 0 Å². The maximum absolute atomic E-state index is 10.4. The van der Waals surface area contributed by atoms with E-state index in [1.165, 1.54) is 19.3 Å². The van der Waals surface area contributed by atoms with Crippen LogP contribution in [0.15, 0.2) is 28.8 Å². The van der Waals surface area contributed by atoms with E-state index in [-0.39, 0.29) is 5.57 Å². The van der Waals surface area contributed by atoms with Gasteiger partial charge in [0.05, 0.1) is 5.57 Å². The van der Waals surface area contributed by atoms with Gasteiger partial charge in [-0.3, -0.25) is 4.99 Å². The van der Waals surface area contributed by atoms with Crippen molar-refractivity contribution in [2.75, 3.05) is 7.05 Å². The van der Waals surface area contributed by atoms with Crippen LogP contribution >= 0.6 is 0 Å². The Kier molecular flexibility index (Phi) is 4.73. The molecule has 0 aliphatic carbocycles. The average Bonchev–Trinajstić information content (AvgIpc) is 1.97. The molecule has 0 aromatic rings. The molecule has 0 bridgehead atoms. The average molecular weight is 153 g/mol. The molecule has 0 aromatic heterocycles. The third-order valence-corrected chi connectivity index (χ3v) is 0.983. The summed E-state index contributed by atoms with van der Waals surface area (Å²) >= 11 is 0. The van der Waals surface area contributed by atoms with Crippen LogP contribution < -0.4 is 0 Å². The Morgan fingerprint density at radius 3 is 2.55 bits per heavy atom. The fraction of sp³-hybridized carbons (Fsp3) is 0.250. The maximum Gasteiger partial charge on any atom is 0.337 e. The molecule has 11 heavy (non-hydrogen) atoms. The summed E-state index contributed by atoms with van der Waals surface area (Å²) < 4.78 is 0. The highest BCUT2D eigenvalue weighted by molar-refractivity contribution is 6.08. The van der Waals surface area contributed by atoms with Crippen molar-refractivity contribution in [2.45, 2.75) is 6.92 Å². The summed E-state index contributed by atoms with van der Waals surface area (Å²) in [6.07, 6.45) is 6.22. The number of hydrogen-bond acceptors (Lipinski definition) is 2. The van der Waals surface area contributed by atoms with Crippen molar-refractivity contribution < 1.29 is 9.90 Å². The van der Waals surface area contributed by atoms with Crippen molar-refractivity contribution in [2.24, 2.45) is 4.99 Å². The van der Waals surface area contributed by atoms with Gasteiger partial charge in [0.25, 0.3) is 0 Å².